The number of nitrogens with one attached hydrogen (secondary N) is 1. The molecule has 0 aromatic rings. The molecule has 3 unspecified atom stereocenters. The third kappa shape index (κ3) is 6.05. The zero-order chi connectivity index (χ0) is 12.8. The maximum Gasteiger partial charge on any atom is 0.224 e. The first kappa shape index (κ1) is 15.3. The van der Waals surface area contributed by atoms with Gasteiger partial charge in [-0.15, -0.1) is 0 Å². The van der Waals surface area contributed by atoms with Crippen LogP contribution in [-0.4, -0.2) is 42.9 Å². The molecule has 0 bridgehead atoms. The van der Waals surface area contributed by atoms with Crippen molar-refractivity contribution in [2.75, 3.05) is 20.3 Å². The zero-order valence-electron chi connectivity index (χ0n) is 10.6. The lowest BCUT2D eigenvalue weighted by molar-refractivity contribution is -0.126. The molecule has 0 spiro atoms. The molecule has 0 aromatic carbocycles. The number of nitrogens with two attached hydrogens (primary N) is 1. The van der Waals surface area contributed by atoms with E-state index < -0.39 is 5.60 Å². The number of rotatable bonds is 7. The van der Waals surface area contributed by atoms with Crippen molar-refractivity contribution in [1.82, 2.24) is 5.32 Å². The molecule has 5 nitrogen and oxygen atoms in total. The Morgan fingerprint density at radius 2 is 2.12 bits per heavy atom. The van der Waals surface area contributed by atoms with Gasteiger partial charge in [-0.05, 0) is 13.8 Å². The summed E-state index contributed by atoms with van der Waals surface area (Å²) in [6.07, 6.45) is 0.482. The molecule has 0 saturated carbocycles. The Hall–Kier alpha value is -0.650. The summed E-state index contributed by atoms with van der Waals surface area (Å²) in [5, 5.41) is 12.6. The van der Waals surface area contributed by atoms with Gasteiger partial charge in [-0.2, -0.15) is 0 Å². The number of methoxy groups -OCH3 is 1. The first-order valence-electron chi connectivity index (χ1n) is 5.55. The Kier molecular flexibility index (Phi) is 6.55. The van der Waals surface area contributed by atoms with E-state index in [9.17, 15) is 9.90 Å². The van der Waals surface area contributed by atoms with E-state index in [2.05, 4.69) is 5.32 Å². The van der Waals surface area contributed by atoms with Gasteiger partial charge in [-0.1, -0.05) is 6.92 Å². The monoisotopic (exact) mass is 232 g/mol. The summed E-state index contributed by atoms with van der Waals surface area (Å²) < 4.78 is 4.88. The first-order valence-corrected chi connectivity index (χ1v) is 5.55. The van der Waals surface area contributed by atoms with Crippen LogP contribution in [0.4, 0.5) is 0 Å². The van der Waals surface area contributed by atoms with Crippen molar-refractivity contribution >= 4 is 5.91 Å². The molecule has 1 amide bonds. The van der Waals surface area contributed by atoms with E-state index in [1.807, 2.05) is 0 Å². The van der Waals surface area contributed by atoms with Crippen LogP contribution in [0.5, 0.6) is 0 Å². The maximum absolute atomic E-state index is 11.6. The van der Waals surface area contributed by atoms with Crippen LogP contribution in [0.25, 0.3) is 0 Å². The van der Waals surface area contributed by atoms with E-state index in [1.54, 1.807) is 27.9 Å². The lowest BCUT2D eigenvalue weighted by Crippen LogP contribution is -2.45. The second kappa shape index (κ2) is 6.83. The number of amides is 1. The molecule has 5 heteroatoms. The fourth-order valence-corrected chi connectivity index (χ4v) is 1.09. The number of hydrogen-bond acceptors (Lipinski definition) is 4. The quantitative estimate of drug-likeness (QED) is 0.571. The van der Waals surface area contributed by atoms with Crippen LogP contribution in [0.3, 0.4) is 0 Å². The summed E-state index contributed by atoms with van der Waals surface area (Å²) in [5.41, 5.74) is 4.67. The van der Waals surface area contributed by atoms with Gasteiger partial charge in [0.2, 0.25) is 5.91 Å². The van der Waals surface area contributed by atoms with Gasteiger partial charge in [0.15, 0.2) is 0 Å². The minimum Gasteiger partial charge on any atom is -0.388 e. The third-order valence-corrected chi connectivity index (χ3v) is 2.69. The molecule has 0 aliphatic carbocycles. The van der Waals surface area contributed by atoms with Gasteiger partial charge in [-0.3, -0.25) is 4.79 Å². The fraction of sp³-hybridized carbons (Fsp3) is 0.909. The molecule has 0 aliphatic rings. The van der Waals surface area contributed by atoms with Crippen LogP contribution in [0.15, 0.2) is 0 Å². The highest BCUT2D eigenvalue weighted by Gasteiger charge is 2.23. The van der Waals surface area contributed by atoms with Crippen molar-refractivity contribution in [3.05, 3.63) is 0 Å². The average Bonchev–Trinajstić information content (AvgIpc) is 2.22. The van der Waals surface area contributed by atoms with Crippen molar-refractivity contribution in [3.8, 4) is 0 Å². The van der Waals surface area contributed by atoms with E-state index in [0.29, 0.717) is 13.0 Å². The van der Waals surface area contributed by atoms with Crippen molar-refractivity contribution in [3.63, 3.8) is 0 Å². The minimum atomic E-state index is -0.941. The largest absolute Gasteiger partial charge is 0.388 e. The smallest absolute Gasteiger partial charge is 0.224 e. The number of carbonyl (C=O) groups excluding carboxylic acids is 1. The molecule has 0 aliphatic heterocycles. The SMILES string of the molecule is COCCC(C)(O)CNC(=O)C(C)C(C)N. The maximum atomic E-state index is 11.6. The second-order valence-electron chi connectivity index (χ2n) is 4.61. The van der Waals surface area contributed by atoms with E-state index >= 15 is 0 Å². The van der Waals surface area contributed by atoms with Gasteiger partial charge in [0.25, 0.3) is 0 Å². The molecule has 0 radical (unpaired) electrons. The van der Waals surface area contributed by atoms with Gasteiger partial charge in [0.05, 0.1) is 5.60 Å². The van der Waals surface area contributed by atoms with Crippen molar-refractivity contribution < 1.29 is 14.6 Å². The Balaban J connectivity index is 3.99. The predicted octanol–water partition coefficient (Wildman–Crippen LogP) is -0.127. The number of ether oxygens (including phenoxy) is 1. The summed E-state index contributed by atoms with van der Waals surface area (Å²) in [6.45, 7) is 5.90. The van der Waals surface area contributed by atoms with Crippen LogP contribution in [0, 0.1) is 5.92 Å². The molecule has 0 aromatic heterocycles. The standard InChI is InChI=1S/C11H24N2O3/c1-8(9(2)12)10(14)13-7-11(3,15)5-6-16-4/h8-9,15H,5-7,12H2,1-4H3,(H,13,14). The molecule has 96 valence electrons. The van der Waals surface area contributed by atoms with E-state index in [-0.39, 0.29) is 24.4 Å². The molecule has 0 saturated heterocycles. The van der Waals surface area contributed by atoms with Gasteiger partial charge in [0.1, 0.15) is 0 Å². The molecular formula is C11H24N2O3. The fourth-order valence-electron chi connectivity index (χ4n) is 1.09. The lowest BCUT2D eigenvalue weighted by Gasteiger charge is -2.24. The van der Waals surface area contributed by atoms with Gasteiger partial charge in [-0.25, -0.2) is 0 Å². The number of carbonyl (C=O) groups is 1. The number of aliphatic hydroxyl groups is 1. The minimum absolute atomic E-state index is 0.132. The molecule has 3 atom stereocenters. The van der Waals surface area contributed by atoms with Gasteiger partial charge >= 0.3 is 0 Å². The highest BCUT2D eigenvalue weighted by atomic mass is 16.5. The van der Waals surface area contributed by atoms with E-state index in [1.165, 1.54) is 0 Å². The first-order chi connectivity index (χ1) is 7.30. The van der Waals surface area contributed by atoms with Crippen LogP contribution in [-0.2, 0) is 9.53 Å². The second-order valence-corrected chi connectivity index (χ2v) is 4.61. The molecule has 0 rings (SSSR count). The molecular weight excluding hydrogens is 208 g/mol. The highest BCUT2D eigenvalue weighted by molar-refractivity contribution is 5.78. The Morgan fingerprint density at radius 1 is 1.56 bits per heavy atom. The third-order valence-electron chi connectivity index (χ3n) is 2.69. The molecule has 0 fully saturated rings. The predicted molar refractivity (Wildman–Crippen MR) is 62.9 cm³/mol. The average molecular weight is 232 g/mol. The van der Waals surface area contributed by atoms with Crippen molar-refractivity contribution in [1.29, 1.82) is 0 Å². The molecule has 4 N–H and O–H groups in total. The molecule has 16 heavy (non-hydrogen) atoms. The van der Waals surface area contributed by atoms with Crippen LogP contribution < -0.4 is 11.1 Å². The van der Waals surface area contributed by atoms with Crippen LogP contribution in [0.1, 0.15) is 27.2 Å². The Labute approximate surface area is 97.3 Å². The van der Waals surface area contributed by atoms with Crippen molar-refractivity contribution in [2.24, 2.45) is 11.7 Å². The van der Waals surface area contributed by atoms with Gasteiger partial charge in [0, 0.05) is 38.6 Å². The van der Waals surface area contributed by atoms with E-state index in [4.69, 9.17) is 10.5 Å². The summed E-state index contributed by atoms with van der Waals surface area (Å²) in [4.78, 5) is 11.6. The molecule has 0 heterocycles. The van der Waals surface area contributed by atoms with Gasteiger partial charge < -0.3 is 20.9 Å². The zero-order valence-corrected chi connectivity index (χ0v) is 10.6. The van der Waals surface area contributed by atoms with E-state index in [0.717, 1.165) is 0 Å². The summed E-state index contributed by atoms with van der Waals surface area (Å²) in [5.74, 6) is -0.383. The Morgan fingerprint density at radius 3 is 2.56 bits per heavy atom. The highest BCUT2D eigenvalue weighted by Crippen LogP contribution is 2.08. The normalized spacial score (nSPS) is 18.6. The summed E-state index contributed by atoms with van der Waals surface area (Å²) >= 11 is 0. The number of hydrogen-bond donors (Lipinski definition) is 3. The lowest BCUT2D eigenvalue weighted by atomic mass is 10.0. The summed E-state index contributed by atoms with van der Waals surface area (Å²) in [7, 11) is 1.58. The summed E-state index contributed by atoms with van der Waals surface area (Å²) in [6, 6.07) is -0.191. The Bertz CT molecular complexity index is 217. The van der Waals surface area contributed by atoms with Crippen molar-refractivity contribution in [2.45, 2.75) is 38.8 Å². The van der Waals surface area contributed by atoms with Crippen LogP contribution in [0.2, 0.25) is 0 Å². The topological polar surface area (TPSA) is 84.6 Å². The van der Waals surface area contributed by atoms with Crippen LogP contribution >= 0.6 is 0 Å².